The van der Waals surface area contributed by atoms with Crippen LogP contribution in [0, 0.1) is 6.92 Å². The molecule has 0 atom stereocenters. The van der Waals surface area contributed by atoms with E-state index in [9.17, 15) is 9.59 Å². The van der Waals surface area contributed by atoms with Crippen LogP contribution in [0.5, 0.6) is 11.5 Å². The third-order valence-corrected chi connectivity index (χ3v) is 3.61. The largest absolute Gasteiger partial charge is 0.497 e. The third kappa shape index (κ3) is 6.81. The van der Waals surface area contributed by atoms with Gasteiger partial charge in [0.25, 0.3) is 5.91 Å². The normalized spacial score (nSPS) is 10.9. The van der Waals surface area contributed by atoms with Gasteiger partial charge < -0.3 is 14.8 Å². The van der Waals surface area contributed by atoms with Crippen molar-refractivity contribution >= 4 is 23.2 Å². The SMILES string of the molecule is COc1ccc(NC(=O)C/C(C)=N\NC(=O)COc2ccccc2C)cc1. The van der Waals surface area contributed by atoms with Gasteiger partial charge in [-0.1, -0.05) is 18.2 Å². The topological polar surface area (TPSA) is 89.0 Å². The van der Waals surface area contributed by atoms with Crippen molar-refractivity contribution in [3.63, 3.8) is 0 Å². The average molecular weight is 369 g/mol. The monoisotopic (exact) mass is 369 g/mol. The van der Waals surface area contributed by atoms with Gasteiger partial charge in [0.15, 0.2) is 6.61 Å². The molecule has 27 heavy (non-hydrogen) atoms. The van der Waals surface area contributed by atoms with Crippen LogP contribution in [0.3, 0.4) is 0 Å². The Morgan fingerprint density at radius 1 is 1.04 bits per heavy atom. The van der Waals surface area contributed by atoms with Gasteiger partial charge >= 0.3 is 0 Å². The van der Waals surface area contributed by atoms with E-state index in [-0.39, 0.29) is 18.9 Å². The lowest BCUT2D eigenvalue weighted by Crippen LogP contribution is -2.26. The van der Waals surface area contributed by atoms with Crippen molar-refractivity contribution in [3.05, 3.63) is 54.1 Å². The highest BCUT2D eigenvalue weighted by atomic mass is 16.5. The zero-order valence-corrected chi connectivity index (χ0v) is 15.6. The first-order valence-electron chi connectivity index (χ1n) is 8.42. The minimum Gasteiger partial charge on any atom is -0.497 e. The number of aryl methyl sites for hydroxylation is 1. The lowest BCUT2D eigenvalue weighted by molar-refractivity contribution is -0.123. The summed E-state index contributed by atoms with van der Waals surface area (Å²) in [7, 11) is 1.58. The van der Waals surface area contributed by atoms with Gasteiger partial charge in [-0.3, -0.25) is 9.59 Å². The number of para-hydroxylation sites is 1. The maximum Gasteiger partial charge on any atom is 0.277 e. The van der Waals surface area contributed by atoms with Crippen LogP contribution in [0.15, 0.2) is 53.6 Å². The number of rotatable bonds is 8. The van der Waals surface area contributed by atoms with E-state index in [1.54, 1.807) is 44.4 Å². The number of amides is 2. The molecule has 0 aliphatic heterocycles. The molecule has 0 saturated heterocycles. The fourth-order valence-electron chi connectivity index (χ4n) is 2.20. The molecule has 2 aromatic rings. The molecular weight excluding hydrogens is 346 g/mol. The van der Waals surface area contributed by atoms with E-state index in [0.717, 1.165) is 5.56 Å². The van der Waals surface area contributed by atoms with E-state index in [2.05, 4.69) is 15.8 Å². The maximum absolute atomic E-state index is 12.0. The van der Waals surface area contributed by atoms with E-state index < -0.39 is 5.91 Å². The second-order valence-corrected chi connectivity index (χ2v) is 5.89. The number of hydrogen-bond acceptors (Lipinski definition) is 5. The summed E-state index contributed by atoms with van der Waals surface area (Å²) in [4.78, 5) is 23.8. The summed E-state index contributed by atoms with van der Waals surface area (Å²) in [5.74, 6) is 0.730. The van der Waals surface area contributed by atoms with Gasteiger partial charge in [-0.15, -0.1) is 0 Å². The second-order valence-electron chi connectivity index (χ2n) is 5.89. The van der Waals surface area contributed by atoms with E-state index in [0.29, 0.717) is 22.9 Å². The first kappa shape index (κ1) is 20.0. The van der Waals surface area contributed by atoms with Crippen LogP contribution in [0.25, 0.3) is 0 Å². The standard InChI is InChI=1S/C20H23N3O4/c1-14-6-4-5-7-18(14)27-13-20(25)23-22-15(2)12-19(24)21-16-8-10-17(26-3)11-9-16/h4-11H,12-13H2,1-3H3,(H,21,24)(H,23,25)/b22-15-. The number of ether oxygens (including phenoxy) is 2. The Morgan fingerprint density at radius 3 is 2.41 bits per heavy atom. The molecule has 2 amide bonds. The van der Waals surface area contributed by atoms with Gasteiger partial charge in [0.1, 0.15) is 11.5 Å². The van der Waals surface area contributed by atoms with Crippen LogP contribution >= 0.6 is 0 Å². The van der Waals surface area contributed by atoms with Gasteiger partial charge in [-0.05, 0) is 49.7 Å². The van der Waals surface area contributed by atoms with Gasteiger partial charge in [0.2, 0.25) is 5.91 Å². The molecule has 7 heteroatoms. The van der Waals surface area contributed by atoms with Crippen molar-refractivity contribution in [2.45, 2.75) is 20.3 Å². The molecule has 0 saturated carbocycles. The number of nitrogens with one attached hydrogen (secondary N) is 2. The minimum absolute atomic E-state index is 0.0605. The summed E-state index contributed by atoms with van der Waals surface area (Å²) >= 11 is 0. The molecule has 0 fully saturated rings. The summed E-state index contributed by atoms with van der Waals surface area (Å²) in [5.41, 5.74) is 4.46. The molecule has 0 radical (unpaired) electrons. The van der Waals surface area contributed by atoms with Crippen LogP contribution in [0.2, 0.25) is 0 Å². The molecule has 7 nitrogen and oxygen atoms in total. The van der Waals surface area contributed by atoms with Gasteiger partial charge in [-0.2, -0.15) is 5.10 Å². The van der Waals surface area contributed by atoms with Crippen molar-refractivity contribution in [1.82, 2.24) is 5.43 Å². The Kier molecular flexibility index (Phi) is 7.37. The van der Waals surface area contributed by atoms with Crippen molar-refractivity contribution in [2.75, 3.05) is 19.0 Å². The molecule has 0 bridgehead atoms. The summed E-state index contributed by atoms with van der Waals surface area (Å²) < 4.78 is 10.5. The Morgan fingerprint density at radius 2 is 1.74 bits per heavy atom. The number of hydrazone groups is 1. The number of nitrogens with zero attached hydrogens (tertiary/aromatic N) is 1. The summed E-state index contributed by atoms with van der Waals surface area (Å²) in [5, 5.41) is 6.68. The van der Waals surface area contributed by atoms with E-state index >= 15 is 0 Å². The van der Waals surface area contributed by atoms with Crippen LogP contribution < -0.4 is 20.2 Å². The molecular formula is C20H23N3O4. The number of carbonyl (C=O) groups excluding carboxylic acids is 2. The summed E-state index contributed by atoms with van der Waals surface area (Å²) in [6.45, 7) is 3.41. The fourth-order valence-corrected chi connectivity index (χ4v) is 2.20. The number of anilines is 1. The average Bonchev–Trinajstić information content (AvgIpc) is 2.66. The summed E-state index contributed by atoms with van der Waals surface area (Å²) in [6.07, 6.45) is 0.0605. The predicted octanol–water partition coefficient (Wildman–Crippen LogP) is 2.90. The molecule has 0 aromatic heterocycles. The molecule has 2 aromatic carbocycles. The Hall–Kier alpha value is -3.35. The van der Waals surface area contributed by atoms with Crippen molar-refractivity contribution in [1.29, 1.82) is 0 Å². The zero-order valence-electron chi connectivity index (χ0n) is 15.6. The molecule has 2 N–H and O–H groups in total. The van der Waals surface area contributed by atoms with Crippen molar-refractivity contribution in [3.8, 4) is 11.5 Å². The quantitative estimate of drug-likeness (QED) is 0.553. The highest BCUT2D eigenvalue weighted by Gasteiger charge is 2.07. The predicted molar refractivity (Wildman–Crippen MR) is 104 cm³/mol. The molecule has 0 unspecified atom stereocenters. The molecule has 0 aliphatic rings. The van der Waals surface area contributed by atoms with E-state index in [1.165, 1.54) is 0 Å². The molecule has 142 valence electrons. The Labute approximate surface area is 158 Å². The van der Waals surface area contributed by atoms with Gasteiger partial charge in [-0.25, -0.2) is 5.43 Å². The van der Waals surface area contributed by atoms with Crippen LogP contribution in [0.4, 0.5) is 5.69 Å². The summed E-state index contributed by atoms with van der Waals surface area (Å²) in [6, 6.07) is 14.4. The van der Waals surface area contributed by atoms with E-state index in [4.69, 9.17) is 9.47 Å². The molecule has 0 spiro atoms. The zero-order chi connectivity index (χ0) is 19.6. The highest BCUT2D eigenvalue weighted by Crippen LogP contribution is 2.16. The number of hydrogen-bond donors (Lipinski definition) is 2. The lowest BCUT2D eigenvalue weighted by atomic mass is 10.2. The first-order chi connectivity index (χ1) is 13.0. The second kappa shape index (κ2) is 9.96. The van der Waals surface area contributed by atoms with E-state index in [1.807, 2.05) is 25.1 Å². The minimum atomic E-state index is -0.395. The molecule has 0 heterocycles. The number of benzene rings is 2. The number of methoxy groups -OCH3 is 1. The maximum atomic E-state index is 12.0. The van der Waals surface area contributed by atoms with Crippen molar-refractivity contribution in [2.24, 2.45) is 5.10 Å². The Bertz CT molecular complexity index is 816. The van der Waals surface area contributed by atoms with Crippen LogP contribution in [0.1, 0.15) is 18.9 Å². The smallest absolute Gasteiger partial charge is 0.277 e. The molecule has 0 aliphatic carbocycles. The highest BCUT2D eigenvalue weighted by molar-refractivity contribution is 6.05. The van der Waals surface area contributed by atoms with Gasteiger partial charge in [0.05, 0.1) is 13.5 Å². The van der Waals surface area contributed by atoms with Crippen LogP contribution in [-0.2, 0) is 9.59 Å². The van der Waals surface area contributed by atoms with Gasteiger partial charge in [0, 0.05) is 11.4 Å². The molecule has 2 rings (SSSR count). The fraction of sp³-hybridized carbons (Fsp3) is 0.250. The number of carbonyl (C=O) groups is 2. The Balaban J connectivity index is 1.76. The third-order valence-electron chi connectivity index (χ3n) is 3.61. The van der Waals surface area contributed by atoms with Crippen LogP contribution in [-0.4, -0.2) is 31.2 Å². The lowest BCUT2D eigenvalue weighted by Gasteiger charge is -2.08. The first-order valence-corrected chi connectivity index (χ1v) is 8.42. The van der Waals surface area contributed by atoms with Crippen molar-refractivity contribution < 1.29 is 19.1 Å².